The second-order valence-corrected chi connectivity index (χ2v) is 8.74. The number of methoxy groups -OCH3 is 1. The number of ether oxygens (including phenoxy) is 3. The molecule has 1 saturated heterocycles. The molecule has 1 aliphatic heterocycles. The summed E-state index contributed by atoms with van der Waals surface area (Å²) in [7, 11) is 1.59. The lowest BCUT2D eigenvalue weighted by molar-refractivity contribution is -0.135. The number of carboxylic acid groups (broad SMARTS) is 1. The monoisotopic (exact) mass is 530 g/mol. The summed E-state index contributed by atoms with van der Waals surface area (Å²) >= 11 is 13.0. The van der Waals surface area contributed by atoms with Gasteiger partial charge in [-0.25, -0.2) is 4.79 Å². The van der Waals surface area contributed by atoms with Gasteiger partial charge in [-0.15, -0.1) is 0 Å². The van der Waals surface area contributed by atoms with Crippen LogP contribution in [-0.4, -0.2) is 62.0 Å². The van der Waals surface area contributed by atoms with Crippen LogP contribution in [-0.2, 0) is 9.53 Å². The molecule has 0 aliphatic carbocycles. The number of hydrogen-bond acceptors (Lipinski definition) is 5. The zero-order valence-electron chi connectivity index (χ0n) is 19.4. The van der Waals surface area contributed by atoms with E-state index >= 15 is 0 Å². The molecule has 2 amide bonds. The van der Waals surface area contributed by atoms with Crippen LogP contribution in [0.4, 0.5) is 10.5 Å². The molecular formula is C26H24Cl2N2O6. The normalized spacial score (nSPS) is 13.2. The van der Waals surface area contributed by atoms with Crippen molar-refractivity contribution in [3.05, 3.63) is 70.7 Å². The van der Waals surface area contributed by atoms with Crippen LogP contribution >= 0.6 is 23.2 Å². The van der Waals surface area contributed by atoms with Crippen molar-refractivity contribution < 1.29 is 28.9 Å². The zero-order chi connectivity index (χ0) is 25.7. The number of rotatable bonds is 7. The summed E-state index contributed by atoms with van der Waals surface area (Å²) < 4.78 is 16.8. The molecule has 0 aromatic heterocycles. The van der Waals surface area contributed by atoms with Gasteiger partial charge >= 0.3 is 12.0 Å². The van der Waals surface area contributed by atoms with Crippen LogP contribution in [0.15, 0.2) is 60.7 Å². The average molecular weight is 531 g/mol. The largest absolute Gasteiger partial charge is 0.496 e. The first kappa shape index (κ1) is 25.6. The van der Waals surface area contributed by atoms with Gasteiger partial charge in [-0.05, 0) is 35.9 Å². The van der Waals surface area contributed by atoms with E-state index in [-0.39, 0.29) is 21.5 Å². The molecule has 1 N–H and O–H groups in total. The molecule has 0 atom stereocenters. The van der Waals surface area contributed by atoms with E-state index in [0.717, 1.165) is 16.0 Å². The molecule has 1 fully saturated rings. The number of amides is 2. The predicted molar refractivity (Wildman–Crippen MR) is 138 cm³/mol. The minimum absolute atomic E-state index is 0.125. The fraction of sp³-hybridized carbons (Fsp3) is 0.231. The molecule has 36 heavy (non-hydrogen) atoms. The summed E-state index contributed by atoms with van der Waals surface area (Å²) in [5.41, 5.74) is 2.01. The smallest absolute Gasteiger partial charge is 0.325 e. The molecule has 8 nitrogen and oxygen atoms in total. The molecule has 0 spiro atoms. The first-order valence-corrected chi connectivity index (χ1v) is 11.9. The standard InChI is InChI=1S/C26H24Cl2N2O6/c1-34-23-8-7-19(15-20(23)17-5-3-2-4-6-17)36-25-21(27)13-18(14-22(25)28)30(16-24(31)32)26(33)29-9-11-35-12-10-29/h2-8,13-15H,9-12,16H2,1H3,(H,31,32). The van der Waals surface area contributed by atoms with Crippen LogP contribution in [0.5, 0.6) is 17.2 Å². The summed E-state index contributed by atoms with van der Waals surface area (Å²) in [6.07, 6.45) is 0. The lowest BCUT2D eigenvalue weighted by atomic mass is 10.0. The van der Waals surface area contributed by atoms with Crippen molar-refractivity contribution in [3.8, 4) is 28.4 Å². The molecule has 4 rings (SSSR count). The Hall–Kier alpha value is -3.46. The van der Waals surface area contributed by atoms with Crippen LogP contribution in [0.3, 0.4) is 0 Å². The number of anilines is 1. The van der Waals surface area contributed by atoms with Crippen molar-refractivity contribution in [1.82, 2.24) is 4.90 Å². The number of benzene rings is 3. The van der Waals surface area contributed by atoms with Gasteiger partial charge < -0.3 is 24.2 Å². The number of carboxylic acids is 1. The van der Waals surface area contributed by atoms with Gasteiger partial charge in [0.25, 0.3) is 0 Å². The fourth-order valence-corrected chi connectivity index (χ4v) is 4.39. The number of urea groups is 1. The van der Waals surface area contributed by atoms with Gasteiger partial charge in [0.15, 0.2) is 5.75 Å². The lowest BCUT2D eigenvalue weighted by Gasteiger charge is -2.32. The summed E-state index contributed by atoms with van der Waals surface area (Å²) in [6.45, 7) is 0.932. The molecule has 1 heterocycles. The van der Waals surface area contributed by atoms with E-state index in [9.17, 15) is 14.7 Å². The van der Waals surface area contributed by atoms with E-state index in [1.165, 1.54) is 17.0 Å². The second kappa shape index (κ2) is 11.5. The highest BCUT2D eigenvalue weighted by Crippen LogP contribution is 2.42. The van der Waals surface area contributed by atoms with Crippen molar-refractivity contribution in [2.75, 3.05) is 44.9 Å². The third-order valence-corrected chi connectivity index (χ3v) is 6.14. The molecule has 0 bridgehead atoms. The van der Waals surface area contributed by atoms with E-state index in [4.69, 9.17) is 37.4 Å². The van der Waals surface area contributed by atoms with Crippen molar-refractivity contribution in [2.24, 2.45) is 0 Å². The Morgan fingerprint density at radius 3 is 2.31 bits per heavy atom. The number of morpholine rings is 1. The molecule has 1 aliphatic rings. The molecule has 10 heteroatoms. The van der Waals surface area contributed by atoms with Crippen LogP contribution in [0.1, 0.15) is 0 Å². The van der Waals surface area contributed by atoms with Crippen molar-refractivity contribution in [3.63, 3.8) is 0 Å². The predicted octanol–water partition coefficient (Wildman–Crippen LogP) is 5.80. The minimum atomic E-state index is -1.17. The first-order valence-electron chi connectivity index (χ1n) is 11.1. The third-order valence-electron chi connectivity index (χ3n) is 5.58. The van der Waals surface area contributed by atoms with Gasteiger partial charge in [0.05, 0.1) is 30.4 Å². The molecule has 3 aromatic rings. The number of hydrogen-bond donors (Lipinski definition) is 1. The fourth-order valence-electron chi connectivity index (χ4n) is 3.84. The minimum Gasteiger partial charge on any atom is -0.496 e. The molecule has 188 valence electrons. The average Bonchev–Trinajstić information content (AvgIpc) is 2.89. The maximum atomic E-state index is 13.1. The third kappa shape index (κ3) is 5.84. The van der Waals surface area contributed by atoms with E-state index in [2.05, 4.69) is 0 Å². The number of halogens is 2. The highest BCUT2D eigenvalue weighted by atomic mass is 35.5. The maximum Gasteiger partial charge on any atom is 0.325 e. The highest BCUT2D eigenvalue weighted by Gasteiger charge is 2.27. The quantitative estimate of drug-likeness (QED) is 0.415. The number of aliphatic carboxylic acids is 1. The Morgan fingerprint density at radius 1 is 1.03 bits per heavy atom. The zero-order valence-corrected chi connectivity index (χ0v) is 21.0. The maximum absolute atomic E-state index is 13.1. The van der Waals surface area contributed by atoms with E-state index in [1.54, 1.807) is 19.2 Å². The molecule has 0 unspecified atom stereocenters. The van der Waals surface area contributed by atoms with E-state index in [1.807, 2.05) is 36.4 Å². The van der Waals surface area contributed by atoms with Crippen molar-refractivity contribution in [2.45, 2.75) is 0 Å². The Labute approximate surface area is 218 Å². The summed E-state index contributed by atoms with van der Waals surface area (Å²) in [6, 6.07) is 17.5. The van der Waals surface area contributed by atoms with E-state index in [0.29, 0.717) is 37.8 Å². The molecule has 3 aromatic carbocycles. The van der Waals surface area contributed by atoms with Crippen LogP contribution in [0.25, 0.3) is 11.1 Å². The van der Waals surface area contributed by atoms with Gasteiger partial charge in [-0.1, -0.05) is 53.5 Å². The Balaban J connectivity index is 1.64. The van der Waals surface area contributed by atoms with Crippen molar-refractivity contribution >= 4 is 40.9 Å². The Bertz CT molecular complexity index is 1230. The van der Waals surface area contributed by atoms with Crippen LogP contribution < -0.4 is 14.4 Å². The summed E-state index contributed by atoms with van der Waals surface area (Å²) in [5, 5.41) is 9.65. The molecule has 0 saturated carbocycles. The summed E-state index contributed by atoms with van der Waals surface area (Å²) in [5.74, 6) is 0.154. The van der Waals surface area contributed by atoms with Gasteiger partial charge in [0.2, 0.25) is 0 Å². The number of nitrogens with zero attached hydrogens (tertiary/aromatic N) is 2. The molecule has 0 radical (unpaired) electrons. The van der Waals surface area contributed by atoms with Gasteiger partial charge in [0.1, 0.15) is 18.0 Å². The number of carbonyl (C=O) groups is 2. The van der Waals surface area contributed by atoms with Gasteiger partial charge in [-0.3, -0.25) is 9.69 Å². The van der Waals surface area contributed by atoms with Gasteiger partial charge in [-0.2, -0.15) is 0 Å². The SMILES string of the molecule is COc1ccc(Oc2c(Cl)cc(N(CC(=O)O)C(=O)N3CCOCC3)cc2Cl)cc1-c1ccccc1. The number of carbonyl (C=O) groups excluding carboxylic acids is 1. The van der Waals surface area contributed by atoms with E-state index < -0.39 is 18.5 Å². The Morgan fingerprint density at radius 2 is 1.69 bits per heavy atom. The van der Waals surface area contributed by atoms with Crippen LogP contribution in [0.2, 0.25) is 10.0 Å². The van der Waals surface area contributed by atoms with Crippen LogP contribution in [0, 0.1) is 0 Å². The first-order chi connectivity index (χ1) is 17.4. The second-order valence-electron chi connectivity index (χ2n) is 7.93. The lowest BCUT2D eigenvalue weighted by Crippen LogP contribution is -2.49. The Kier molecular flexibility index (Phi) is 8.20. The topological polar surface area (TPSA) is 88.5 Å². The van der Waals surface area contributed by atoms with Gasteiger partial charge in [0, 0.05) is 24.3 Å². The highest BCUT2D eigenvalue weighted by molar-refractivity contribution is 6.37. The molecular weight excluding hydrogens is 507 g/mol. The van der Waals surface area contributed by atoms with Crippen molar-refractivity contribution in [1.29, 1.82) is 0 Å². The summed E-state index contributed by atoms with van der Waals surface area (Å²) in [4.78, 5) is 27.2.